The molecule has 1 amide bonds. The molecule has 0 unspecified atom stereocenters. The highest BCUT2D eigenvalue weighted by atomic mass is 19.1. The second kappa shape index (κ2) is 15.2. The second-order valence-electron chi connectivity index (χ2n) is 11.5. The van der Waals surface area contributed by atoms with Crippen LogP contribution in [0.25, 0.3) is 11.3 Å². The lowest BCUT2D eigenvalue weighted by atomic mass is 10.2. The van der Waals surface area contributed by atoms with Crippen molar-refractivity contribution in [2.75, 3.05) is 69.5 Å². The Kier molecular flexibility index (Phi) is 10.4. The fraction of sp³-hybridized carbons (Fsp3) is 0.294. The lowest BCUT2D eigenvalue weighted by Crippen LogP contribution is -2.36. The monoisotopic (exact) mass is 703 g/mol. The third-order valence-corrected chi connectivity index (χ3v) is 8.28. The summed E-state index contributed by atoms with van der Waals surface area (Å²) in [5.41, 5.74) is 0.645. The normalized spacial score (nSPS) is 14.5. The maximum Gasteiger partial charge on any atom is 0.360 e. The van der Waals surface area contributed by atoms with Gasteiger partial charge in [-0.3, -0.25) is 23.2 Å². The maximum absolute atomic E-state index is 13.0. The number of carbonyl (C=O) groups is 2. The highest BCUT2D eigenvalue weighted by molar-refractivity contribution is 5.95. The third-order valence-electron chi connectivity index (χ3n) is 8.28. The summed E-state index contributed by atoms with van der Waals surface area (Å²) < 4.78 is 30.5. The number of halogens is 1. The molecule has 0 atom stereocenters. The molecule has 0 bridgehead atoms. The number of benzene rings is 1. The van der Waals surface area contributed by atoms with E-state index in [0.717, 1.165) is 31.6 Å². The number of aromatic hydroxyl groups is 2. The summed E-state index contributed by atoms with van der Waals surface area (Å²) in [4.78, 5) is 61.1. The number of anilines is 2. The first-order chi connectivity index (χ1) is 24.6. The molecule has 6 heterocycles. The van der Waals surface area contributed by atoms with Gasteiger partial charge in [0.05, 0.1) is 44.9 Å². The molecular formula is C34H34FN7O9. The van der Waals surface area contributed by atoms with E-state index in [4.69, 9.17) is 9.47 Å². The van der Waals surface area contributed by atoms with Gasteiger partial charge >= 0.3 is 17.1 Å². The highest BCUT2D eigenvalue weighted by Crippen LogP contribution is 2.20. The molecule has 7 rings (SSSR count). The number of nitrogens with one attached hydrogen (secondary N) is 1. The van der Waals surface area contributed by atoms with E-state index in [1.54, 1.807) is 24.5 Å². The maximum atomic E-state index is 13.0. The smallest absolute Gasteiger partial charge is 0.360 e. The largest absolute Gasteiger partial charge is 0.501 e. The number of nitrogens with zero attached hydrogens (tertiary/aromatic N) is 6. The first-order valence-corrected chi connectivity index (χ1v) is 15.9. The minimum Gasteiger partial charge on any atom is -0.501 e. The van der Waals surface area contributed by atoms with Gasteiger partial charge in [0.25, 0.3) is 5.91 Å². The summed E-state index contributed by atoms with van der Waals surface area (Å²) >= 11 is 0. The van der Waals surface area contributed by atoms with Gasteiger partial charge in [-0.25, -0.2) is 19.2 Å². The zero-order valence-corrected chi connectivity index (χ0v) is 27.5. The van der Waals surface area contributed by atoms with Crippen molar-refractivity contribution in [1.82, 2.24) is 24.1 Å². The van der Waals surface area contributed by atoms with Gasteiger partial charge in [0.15, 0.2) is 11.4 Å². The van der Waals surface area contributed by atoms with Crippen LogP contribution < -0.4 is 26.2 Å². The fourth-order valence-electron chi connectivity index (χ4n) is 5.52. The van der Waals surface area contributed by atoms with Crippen LogP contribution in [-0.4, -0.2) is 101 Å². The van der Waals surface area contributed by atoms with E-state index in [-0.39, 0.29) is 35.0 Å². The number of carbonyl (C=O) groups excluding carboxylic acids is 2. The molecule has 16 nitrogen and oxygen atoms in total. The van der Waals surface area contributed by atoms with Crippen LogP contribution in [0, 0.1) is 5.82 Å². The van der Waals surface area contributed by atoms with Crippen molar-refractivity contribution in [3.05, 3.63) is 104 Å². The molecule has 1 aromatic carbocycles. The molecule has 5 aromatic rings. The van der Waals surface area contributed by atoms with Crippen molar-refractivity contribution in [3.63, 3.8) is 0 Å². The number of ether oxygens (including phenoxy) is 3. The van der Waals surface area contributed by atoms with Gasteiger partial charge in [-0.15, -0.1) is 0 Å². The predicted octanol–water partition coefficient (Wildman–Crippen LogP) is 1.33. The zero-order chi connectivity index (χ0) is 36.1. The molecule has 0 radical (unpaired) electrons. The molecule has 0 aliphatic carbocycles. The van der Waals surface area contributed by atoms with Crippen LogP contribution in [0.3, 0.4) is 0 Å². The van der Waals surface area contributed by atoms with Crippen molar-refractivity contribution >= 4 is 34.5 Å². The third kappa shape index (κ3) is 7.58. The summed E-state index contributed by atoms with van der Waals surface area (Å²) in [6, 6.07) is 12.5. The number of pyridine rings is 2. The molecule has 0 spiro atoms. The lowest BCUT2D eigenvalue weighted by Gasteiger charge is -2.28. The van der Waals surface area contributed by atoms with Gasteiger partial charge < -0.3 is 39.5 Å². The van der Waals surface area contributed by atoms with Gasteiger partial charge in [0.2, 0.25) is 11.5 Å². The van der Waals surface area contributed by atoms with Gasteiger partial charge in [-0.2, -0.15) is 0 Å². The first kappa shape index (κ1) is 34.8. The van der Waals surface area contributed by atoms with E-state index >= 15 is 0 Å². The van der Waals surface area contributed by atoms with Crippen LogP contribution in [-0.2, 0) is 20.8 Å². The van der Waals surface area contributed by atoms with Crippen molar-refractivity contribution in [1.29, 1.82) is 0 Å². The van der Waals surface area contributed by atoms with Crippen molar-refractivity contribution in [2.24, 2.45) is 0 Å². The number of amides is 1. The zero-order valence-electron chi connectivity index (χ0n) is 27.5. The standard InChI is InChI=1S/C20H19FN4O4.C14H15N3O5/c21-14-3-1-13(2-4-14)11-22-19(27)17-18(26)20(28)25-12-15(5-6-16(25)23-17)24-7-9-29-10-8-24;1-21-14(20)11-12(18)13(19)17-8-9(2-3-10(17)15-11)16-4-6-22-7-5-16/h1-6,12,26H,7-11H2,(H,22,27);2-3,8,18H,4-7H2,1H3. The molecule has 4 aromatic heterocycles. The summed E-state index contributed by atoms with van der Waals surface area (Å²) in [5.74, 6) is -3.36. The van der Waals surface area contributed by atoms with Gasteiger partial charge in [0.1, 0.15) is 17.1 Å². The van der Waals surface area contributed by atoms with Crippen LogP contribution in [0.1, 0.15) is 26.5 Å². The fourth-order valence-corrected chi connectivity index (χ4v) is 5.52. The number of rotatable bonds is 6. The molecule has 2 saturated heterocycles. The summed E-state index contributed by atoms with van der Waals surface area (Å²) in [5, 5.41) is 22.7. The quantitative estimate of drug-likeness (QED) is 0.215. The van der Waals surface area contributed by atoms with E-state index in [1.807, 2.05) is 12.1 Å². The van der Waals surface area contributed by atoms with Crippen molar-refractivity contribution < 1.29 is 38.4 Å². The molecule has 2 fully saturated rings. The number of morpholine rings is 2. The van der Waals surface area contributed by atoms with Crippen LogP contribution in [0.4, 0.5) is 15.8 Å². The van der Waals surface area contributed by atoms with Gasteiger partial charge in [-0.1, -0.05) is 12.1 Å². The lowest BCUT2D eigenvalue weighted by molar-refractivity contribution is 0.0590. The summed E-state index contributed by atoms with van der Waals surface area (Å²) in [7, 11) is 1.16. The van der Waals surface area contributed by atoms with E-state index in [9.17, 15) is 33.8 Å². The number of aromatic nitrogens is 4. The second-order valence-corrected chi connectivity index (χ2v) is 11.5. The summed E-state index contributed by atoms with van der Waals surface area (Å²) in [6.45, 7) is 5.39. The number of fused-ring (bicyclic) bond motifs is 2. The Morgan fingerprint density at radius 2 is 1.24 bits per heavy atom. The molecule has 3 N–H and O–H groups in total. The Labute approximate surface area is 288 Å². The SMILES string of the molecule is COC(=O)c1nc2ccc(N3CCOCC3)cn2c(=O)c1O.O=C(NCc1ccc(F)cc1)c1nc2ccc(N3CCOCC3)cn2c(=O)c1O. The summed E-state index contributed by atoms with van der Waals surface area (Å²) in [6.07, 6.45) is 3.19. The van der Waals surface area contributed by atoms with Crippen LogP contribution in [0.2, 0.25) is 0 Å². The van der Waals surface area contributed by atoms with E-state index < -0.39 is 34.5 Å². The average molecular weight is 704 g/mol. The molecule has 2 aliphatic rings. The predicted molar refractivity (Wildman–Crippen MR) is 181 cm³/mol. The molecule has 0 saturated carbocycles. The Bertz CT molecular complexity index is 2200. The molecule has 51 heavy (non-hydrogen) atoms. The molecule has 266 valence electrons. The molecular weight excluding hydrogens is 669 g/mol. The van der Waals surface area contributed by atoms with Crippen LogP contribution in [0.5, 0.6) is 11.5 Å². The van der Waals surface area contributed by atoms with E-state index in [1.165, 1.54) is 33.1 Å². The Hall–Kier alpha value is -6.07. The Morgan fingerprint density at radius 3 is 1.73 bits per heavy atom. The number of methoxy groups -OCH3 is 1. The van der Waals surface area contributed by atoms with Crippen LogP contribution in [0.15, 0.2) is 70.5 Å². The van der Waals surface area contributed by atoms with Crippen LogP contribution >= 0.6 is 0 Å². The van der Waals surface area contributed by atoms with E-state index in [0.29, 0.717) is 45.1 Å². The first-order valence-electron chi connectivity index (χ1n) is 15.9. The molecule has 2 aliphatic heterocycles. The number of esters is 1. The number of hydrogen-bond donors (Lipinski definition) is 3. The van der Waals surface area contributed by atoms with Crippen molar-refractivity contribution in [2.45, 2.75) is 6.54 Å². The highest BCUT2D eigenvalue weighted by Gasteiger charge is 2.21. The Balaban J connectivity index is 0.000000183. The topological polar surface area (TPSA) is 190 Å². The van der Waals surface area contributed by atoms with Gasteiger partial charge in [0, 0.05) is 45.1 Å². The van der Waals surface area contributed by atoms with E-state index in [2.05, 4.69) is 29.8 Å². The number of hydrogen-bond acceptors (Lipinski definition) is 13. The average Bonchev–Trinajstić information content (AvgIpc) is 3.17. The minimum absolute atomic E-state index is 0.107. The Morgan fingerprint density at radius 1 is 0.765 bits per heavy atom. The van der Waals surface area contributed by atoms with Gasteiger partial charge in [-0.05, 0) is 42.0 Å². The van der Waals surface area contributed by atoms with Crippen molar-refractivity contribution in [3.8, 4) is 11.5 Å². The molecule has 17 heteroatoms. The minimum atomic E-state index is -0.852.